The van der Waals surface area contributed by atoms with Gasteiger partial charge >= 0.3 is 6.18 Å². The molecule has 0 unspecified atom stereocenters. The third-order valence-electron chi connectivity index (χ3n) is 4.30. The van der Waals surface area contributed by atoms with Crippen molar-refractivity contribution in [3.8, 4) is 28.1 Å². The molecular formula is C18H17F3N6O4S. The Bertz CT molecular complexity index is 1230. The van der Waals surface area contributed by atoms with E-state index in [0.29, 0.717) is 32.8 Å². The van der Waals surface area contributed by atoms with E-state index < -0.39 is 31.7 Å². The Kier molecular flexibility index (Phi) is 5.78. The summed E-state index contributed by atoms with van der Waals surface area (Å²) in [6.45, 7) is -0.989. The van der Waals surface area contributed by atoms with Crippen LogP contribution in [0.5, 0.6) is 16.7 Å². The van der Waals surface area contributed by atoms with Crippen LogP contribution in [0.25, 0.3) is 21.9 Å². The quantitative estimate of drug-likeness (QED) is 0.422. The molecule has 170 valence electrons. The van der Waals surface area contributed by atoms with Crippen LogP contribution in [0.4, 0.5) is 13.2 Å². The molecule has 0 aromatic carbocycles. The molecule has 0 fully saturated rings. The van der Waals surface area contributed by atoms with Crippen LogP contribution in [-0.2, 0) is 4.79 Å². The molecule has 0 bridgehead atoms. The van der Waals surface area contributed by atoms with Gasteiger partial charge in [0.05, 0.1) is 33.0 Å². The number of hydrogen-bond donors (Lipinski definition) is 1. The lowest BCUT2D eigenvalue weighted by molar-refractivity contribution is -0.136. The molecule has 0 spiro atoms. The maximum absolute atomic E-state index is 12.2. The van der Waals surface area contributed by atoms with Gasteiger partial charge in [0.1, 0.15) is 28.4 Å². The average molecular weight is 470 g/mol. The van der Waals surface area contributed by atoms with E-state index in [-0.39, 0.29) is 5.75 Å². The SMILES string of the molecule is COc1cc(OCC(=O)NCCC(F)(F)F)c2cc(-c3cn4nc(OC)sc4n3)nn2c1. The number of pyridine rings is 1. The largest absolute Gasteiger partial charge is 0.495 e. The zero-order valence-electron chi connectivity index (χ0n) is 16.8. The number of carbonyl (C=O) groups excluding carboxylic acids is 1. The summed E-state index contributed by atoms with van der Waals surface area (Å²) < 4.78 is 55.6. The van der Waals surface area contributed by atoms with Crippen LogP contribution in [0.1, 0.15) is 6.42 Å². The number of carbonyl (C=O) groups is 1. The van der Waals surface area contributed by atoms with Crippen LogP contribution in [0.15, 0.2) is 24.5 Å². The highest BCUT2D eigenvalue weighted by Crippen LogP contribution is 2.30. The number of nitrogens with zero attached hydrogens (tertiary/aromatic N) is 5. The lowest BCUT2D eigenvalue weighted by Gasteiger charge is -2.11. The van der Waals surface area contributed by atoms with Gasteiger partial charge in [0.15, 0.2) is 6.61 Å². The van der Waals surface area contributed by atoms with Crippen LogP contribution >= 0.6 is 11.3 Å². The molecule has 0 radical (unpaired) electrons. The van der Waals surface area contributed by atoms with Gasteiger partial charge in [0.25, 0.3) is 11.1 Å². The van der Waals surface area contributed by atoms with E-state index in [2.05, 4.69) is 20.5 Å². The lowest BCUT2D eigenvalue weighted by atomic mass is 10.3. The molecule has 0 aliphatic rings. The monoisotopic (exact) mass is 470 g/mol. The first kappa shape index (κ1) is 21.7. The van der Waals surface area contributed by atoms with Gasteiger partial charge in [-0.15, -0.1) is 5.10 Å². The number of ether oxygens (including phenoxy) is 3. The number of aromatic nitrogens is 5. The summed E-state index contributed by atoms with van der Waals surface area (Å²) in [6, 6.07) is 3.27. The van der Waals surface area contributed by atoms with Gasteiger partial charge in [-0.05, 0) is 17.4 Å². The maximum Gasteiger partial charge on any atom is 0.390 e. The number of methoxy groups -OCH3 is 2. The number of imidazole rings is 1. The minimum Gasteiger partial charge on any atom is -0.495 e. The smallest absolute Gasteiger partial charge is 0.390 e. The summed E-state index contributed by atoms with van der Waals surface area (Å²) in [4.78, 5) is 17.0. The Morgan fingerprint density at radius 3 is 2.62 bits per heavy atom. The maximum atomic E-state index is 12.2. The van der Waals surface area contributed by atoms with E-state index in [1.807, 2.05) is 0 Å². The molecule has 10 nitrogen and oxygen atoms in total. The Morgan fingerprint density at radius 1 is 1.12 bits per heavy atom. The van der Waals surface area contributed by atoms with E-state index in [0.717, 1.165) is 0 Å². The van der Waals surface area contributed by atoms with Crippen LogP contribution in [-0.4, -0.2) is 63.7 Å². The zero-order valence-corrected chi connectivity index (χ0v) is 17.7. The summed E-state index contributed by atoms with van der Waals surface area (Å²) in [6.07, 6.45) is -2.14. The Labute approximate surface area is 182 Å². The molecule has 32 heavy (non-hydrogen) atoms. The fourth-order valence-electron chi connectivity index (χ4n) is 2.82. The summed E-state index contributed by atoms with van der Waals surface area (Å²) in [7, 11) is 2.98. The molecule has 4 aromatic rings. The van der Waals surface area contributed by atoms with Crippen LogP contribution < -0.4 is 19.5 Å². The third-order valence-corrected chi connectivity index (χ3v) is 5.18. The second-order valence-electron chi connectivity index (χ2n) is 6.53. The fourth-order valence-corrected chi connectivity index (χ4v) is 3.52. The minimum absolute atomic E-state index is 0.273. The van der Waals surface area contributed by atoms with Crippen molar-refractivity contribution in [2.45, 2.75) is 12.6 Å². The average Bonchev–Trinajstić information content (AvgIpc) is 3.42. The third kappa shape index (κ3) is 4.69. The van der Waals surface area contributed by atoms with Crippen LogP contribution in [0, 0.1) is 0 Å². The van der Waals surface area contributed by atoms with Crippen molar-refractivity contribution in [1.29, 1.82) is 0 Å². The molecule has 0 saturated heterocycles. The molecular weight excluding hydrogens is 453 g/mol. The zero-order chi connectivity index (χ0) is 22.9. The molecule has 0 aliphatic heterocycles. The summed E-state index contributed by atoms with van der Waals surface area (Å²) in [5.41, 5.74) is 1.60. The molecule has 0 aliphatic carbocycles. The summed E-state index contributed by atoms with van der Waals surface area (Å²) in [5, 5.41) is 11.3. The predicted octanol–water partition coefficient (Wildman–Crippen LogP) is 2.57. The van der Waals surface area contributed by atoms with Crippen molar-refractivity contribution >= 4 is 27.7 Å². The first-order valence-electron chi connectivity index (χ1n) is 9.20. The van der Waals surface area contributed by atoms with E-state index in [9.17, 15) is 18.0 Å². The molecule has 1 N–H and O–H groups in total. The molecule has 0 saturated carbocycles. The first-order chi connectivity index (χ1) is 15.3. The summed E-state index contributed by atoms with van der Waals surface area (Å²) in [5.74, 6) is 0.0102. The van der Waals surface area contributed by atoms with Crippen molar-refractivity contribution in [3.05, 3.63) is 24.5 Å². The fraction of sp³-hybridized carbons (Fsp3) is 0.333. The van der Waals surface area contributed by atoms with Crippen LogP contribution in [0.2, 0.25) is 0 Å². The number of rotatable bonds is 8. The van der Waals surface area contributed by atoms with E-state index in [1.165, 1.54) is 30.1 Å². The number of hydrogen-bond acceptors (Lipinski definition) is 8. The summed E-state index contributed by atoms with van der Waals surface area (Å²) >= 11 is 1.27. The highest BCUT2D eigenvalue weighted by Gasteiger charge is 2.26. The first-order valence-corrected chi connectivity index (χ1v) is 10.0. The number of fused-ring (bicyclic) bond motifs is 2. The highest BCUT2D eigenvalue weighted by molar-refractivity contribution is 7.18. The van der Waals surface area contributed by atoms with Gasteiger partial charge in [-0.2, -0.15) is 18.3 Å². The molecule has 4 heterocycles. The van der Waals surface area contributed by atoms with Crippen molar-refractivity contribution in [1.82, 2.24) is 29.5 Å². The van der Waals surface area contributed by atoms with Crippen molar-refractivity contribution in [2.24, 2.45) is 0 Å². The van der Waals surface area contributed by atoms with Crippen molar-refractivity contribution < 1.29 is 32.2 Å². The Balaban J connectivity index is 1.54. The highest BCUT2D eigenvalue weighted by atomic mass is 32.1. The van der Waals surface area contributed by atoms with Crippen molar-refractivity contribution in [2.75, 3.05) is 27.4 Å². The van der Waals surface area contributed by atoms with Gasteiger partial charge in [-0.3, -0.25) is 4.79 Å². The van der Waals surface area contributed by atoms with Gasteiger partial charge < -0.3 is 19.5 Å². The minimum atomic E-state index is -4.34. The number of halogens is 3. The van der Waals surface area contributed by atoms with Gasteiger partial charge in [-0.1, -0.05) is 0 Å². The number of nitrogens with one attached hydrogen (secondary N) is 1. The molecule has 14 heteroatoms. The molecule has 4 rings (SSSR count). The van der Waals surface area contributed by atoms with Crippen LogP contribution in [0.3, 0.4) is 0 Å². The van der Waals surface area contributed by atoms with Gasteiger partial charge in [-0.25, -0.2) is 14.0 Å². The topological polar surface area (TPSA) is 104 Å². The van der Waals surface area contributed by atoms with Gasteiger partial charge in [0, 0.05) is 12.6 Å². The number of amides is 1. The normalized spacial score (nSPS) is 11.8. The second-order valence-corrected chi connectivity index (χ2v) is 7.45. The Morgan fingerprint density at radius 2 is 1.94 bits per heavy atom. The Hall–Kier alpha value is -3.55. The van der Waals surface area contributed by atoms with E-state index >= 15 is 0 Å². The van der Waals surface area contributed by atoms with Gasteiger partial charge in [0.2, 0.25) is 4.96 Å². The number of alkyl halides is 3. The predicted molar refractivity (Wildman–Crippen MR) is 107 cm³/mol. The second kappa shape index (κ2) is 8.53. The van der Waals surface area contributed by atoms with E-state index in [4.69, 9.17) is 14.2 Å². The van der Waals surface area contributed by atoms with Crippen molar-refractivity contribution in [3.63, 3.8) is 0 Å². The molecule has 0 atom stereocenters. The standard InChI is InChI=1S/C18H17F3N6O4S/c1-29-10-5-14(31-9-15(28)22-4-3-18(19,20)21)13-6-11(24-26(13)7-10)12-8-27-16(23-12)32-17(25-27)30-2/h5-8H,3-4,9H2,1-2H3,(H,22,28). The molecule has 4 aromatic heterocycles. The molecule has 1 amide bonds. The lowest BCUT2D eigenvalue weighted by Crippen LogP contribution is -2.31. The van der Waals surface area contributed by atoms with E-state index in [1.54, 1.807) is 29.0 Å².